The molecule has 9 heteroatoms. The van der Waals surface area contributed by atoms with Gasteiger partial charge < -0.3 is 0 Å². The van der Waals surface area contributed by atoms with Gasteiger partial charge in [0, 0.05) is 35.8 Å². The van der Waals surface area contributed by atoms with Crippen LogP contribution in [-0.2, 0) is 9.59 Å². The molecule has 172 valence electrons. The van der Waals surface area contributed by atoms with E-state index in [-0.39, 0.29) is 32.7 Å². The van der Waals surface area contributed by atoms with E-state index in [0.29, 0.717) is 36.8 Å². The molecule has 2 aliphatic rings. The van der Waals surface area contributed by atoms with Crippen LogP contribution in [0, 0.1) is 20.2 Å². The Bertz CT molecular complexity index is 1040. The Labute approximate surface area is 195 Å². The van der Waals surface area contributed by atoms with Crippen LogP contribution in [0.2, 0.25) is 0 Å². The smallest absolute Gasteiger partial charge is 0.287 e. The number of carbonyl (C=O) groups excluding carboxylic acids is 2. The zero-order valence-electron chi connectivity index (χ0n) is 18.0. The summed E-state index contributed by atoms with van der Waals surface area (Å²) in [4.78, 5) is 48.6. The maximum Gasteiger partial charge on any atom is 0.287 e. The normalized spacial score (nSPS) is 21.1. The average molecular weight is 469 g/mol. The summed E-state index contributed by atoms with van der Waals surface area (Å²) in [6.45, 7) is 0. The Kier molecular flexibility index (Phi) is 6.88. The molecule has 2 aromatic carbocycles. The van der Waals surface area contributed by atoms with E-state index in [9.17, 15) is 29.8 Å². The number of hydrogen-bond donors (Lipinski definition) is 0. The summed E-state index contributed by atoms with van der Waals surface area (Å²) < 4.78 is 0. The Morgan fingerprint density at radius 2 is 1.12 bits per heavy atom. The van der Waals surface area contributed by atoms with Gasteiger partial charge in [0.1, 0.15) is 11.6 Å². The van der Waals surface area contributed by atoms with Gasteiger partial charge in [-0.3, -0.25) is 29.8 Å². The van der Waals surface area contributed by atoms with Gasteiger partial charge in [0.25, 0.3) is 11.4 Å². The van der Waals surface area contributed by atoms with E-state index >= 15 is 0 Å². The van der Waals surface area contributed by atoms with Gasteiger partial charge in [-0.2, -0.15) is 0 Å². The highest BCUT2D eigenvalue weighted by Crippen LogP contribution is 2.46. The Balaban J connectivity index is 1.78. The van der Waals surface area contributed by atoms with Crippen molar-refractivity contribution in [2.24, 2.45) is 0 Å². The first-order chi connectivity index (χ1) is 15.9. The molecule has 2 saturated carbocycles. The molecule has 8 nitrogen and oxygen atoms in total. The molecule has 0 radical (unpaired) electrons. The Morgan fingerprint density at radius 3 is 1.48 bits per heavy atom. The lowest BCUT2D eigenvalue weighted by Gasteiger charge is -2.22. The summed E-state index contributed by atoms with van der Waals surface area (Å²) in [7, 11) is 0. The molecule has 0 spiro atoms. The molecule has 0 N–H and O–H groups in total. The van der Waals surface area contributed by atoms with Crippen molar-refractivity contribution in [3.8, 4) is 0 Å². The molecular weight excluding hydrogens is 444 g/mol. The first-order valence-corrected chi connectivity index (χ1v) is 12.0. The van der Waals surface area contributed by atoms with Crippen molar-refractivity contribution in [2.75, 3.05) is 0 Å². The molecule has 0 aromatic heterocycles. The lowest BCUT2D eigenvalue weighted by Crippen LogP contribution is -2.18. The number of Topliss-reactive ketones (excluding diaryl/α,β-unsaturated/α-hetero) is 2. The molecule has 0 bridgehead atoms. The van der Waals surface area contributed by atoms with E-state index in [1.807, 2.05) is 0 Å². The fourth-order valence-electron chi connectivity index (χ4n) is 4.94. The van der Waals surface area contributed by atoms with E-state index in [2.05, 4.69) is 0 Å². The summed E-state index contributed by atoms with van der Waals surface area (Å²) in [6, 6.07) is 9.66. The van der Waals surface area contributed by atoms with Gasteiger partial charge in [-0.1, -0.05) is 48.9 Å². The summed E-state index contributed by atoms with van der Waals surface area (Å²) in [6.07, 6.45) is 5.17. The fourth-order valence-corrected chi connectivity index (χ4v) is 6.05. The molecule has 0 amide bonds. The summed E-state index contributed by atoms with van der Waals surface area (Å²) in [5, 5.41) is 24.1. The molecule has 0 aliphatic heterocycles. The van der Waals surface area contributed by atoms with Crippen LogP contribution in [0.5, 0.6) is 0 Å². The minimum Gasteiger partial charge on any atom is -0.299 e. The second-order valence-electron chi connectivity index (χ2n) is 8.53. The molecule has 2 aromatic rings. The molecular formula is C24H24N2O6S. The van der Waals surface area contributed by atoms with Gasteiger partial charge in [0.15, 0.2) is 0 Å². The lowest BCUT2D eigenvalue weighted by atomic mass is 9.82. The number of nitro benzene ring substituents is 2. The number of rotatable bonds is 6. The third-order valence-corrected chi connectivity index (χ3v) is 7.60. The first kappa shape index (κ1) is 23.1. The highest BCUT2D eigenvalue weighted by atomic mass is 32.2. The SMILES string of the molecule is O=C1CCCCC1c1cccc(Sc2cccc(C3CCCCC3=O)c2[N+](=O)[O-])c1[N+](=O)[O-]. The number of hydrogen-bond acceptors (Lipinski definition) is 7. The largest absolute Gasteiger partial charge is 0.299 e. The van der Waals surface area contributed by atoms with Crippen molar-refractivity contribution in [3.63, 3.8) is 0 Å². The van der Waals surface area contributed by atoms with Gasteiger partial charge in [-0.05, 0) is 37.8 Å². The molecule has 2 aliphatic carbocycles. The van der Waals surface area contributed by atoms with Gasteiger partial charge in [0.05, 0.1) is 19.6 Å². The molecule has 2 atom stereocenters. The van der Waals surface area contributed by atoms with Crippen molar-refractivity contribution >= 4 is 34.7 Å². The van der Waals surface area contributed by atoms with Gasteiger partial charge in [-0.15, -0.1) is 0 Å². The topological polar surface area (TPSA) is 120 Å². The molecule has 2 unspecified atom stereocenters. The van der Waals surface area contributed by atoms with Gasteiger partial charge in [0.2, 0.25) is 0 Å². The van der Waals surface area contributed by atoms with E-state index in [4.69, 9.17) is 0 Å². The second kappa shape index (κ2) is 9.82. The molecule has 0 saturated heterocycles. The summed E-state index contributed by atoms with van der Waals surface area (Å²) >= 11 is 0.950. The predicted octanol–water partition coefficient (Wildman–Crippen LogP) is 6.11. The molecule has 33 heavy (non-hydrogen) atoms. The van der Waals surface area contributed by atoms with Crippen molar-refractivity contribution in [2.45, 2.75) is 73.0 Å². The first-order valence-electron chi connectivity index (χ1n) is 11.2. The van der Waals surface area contributed by atoms with E-state index in [0.717, 1.165) is 37.4 Å². The van der Waals surface area contributed by atoms with Crippen molar-refractivity contribution in [1.29, 1.82) is 0 Å². The number of para-hydroxylation sites is 2. The van der Waals surface area contributed by atoms with E-state index < -0.39 is 21.7 Å². The quantitative estimate of drug-likeness (QED) is 0.370. The van der Waals surface area contributed by atoms with Gasteiger partial charge in [-0.25, -0.2) is 0 Å². The Morgan fingerprint density at radius 1 is 0.697 bits per heavy atom. The third-order valence-electron chi connectivity index (χ3n) is 6.51. The lowest BCUT2D eigenvalue weighted by molar-refractivity contribution is -0.389. The van der Waals surface area contributed by atoms with E-state index in [1.165, 1.54) is 0 Å². The van der Waals surface area contributed by atoms with Crippen LogP contribution in [0.15, 0.2) is 46.2 Å². The molecule has 0 heterocycles. The predicted molar refractivity (Wildman–Crippen MR) is 123 cm³/mol. The second-order valence-corrected chi connectivity index (χ2v) is 9.62. The van der Waals surface area contributed by atoms with Crippen LogP contribution in [0.1, 0.15) is 74.3 Å². The number of ketones is 2. The minimum absolute atomic E-state index is 0.00436. The summed E-state index contributed by atoms with van der Waals surface area (Å²) in [5.41, 5.74) is 0.402. The minimum atomic E-state index is -0.527. The fraction of sp³-hybridized carbons (Fsp3) is 0.417. The van der Waals surface area contributed by atoms with Crippen LogP contribution in [0.4, 0.5) is 11.4 Å². The van der Waals surface area contributed by atoms with Crippen LogP contribution < -0.4 is 0 Å². The summed E-state index contributed by atoms with van der Waals surface area (Å²) in [5.74, 6) is -1.06. The molecule has 4 rings (SSSR count). The van der Waals surface area contributed by atoms with Crippen LogP contribution in [0.25, 0.3) is 0 Å². The highest BCUT2D eigenvalue weighted by molar-refractivity contribution is 7.99. The number of nitrogens with zero attached hydrogens (tertiary/aromatic N) is 2. The number of carbonyl (C=O) groups is 2. The number of nitro groups is 2. The zero-order valence-corrected chi connectivity index (χ0v) is 18.8. The monoisotopic (exact) mass is 468 g/mol. The average Bonchev–Trinajstić information content (AvgIpc) is 2.79. The maximum absolute atomic E-state index is 12.5. The Hall–Kier alpha value is -3.07. The zero-order chi connectivity index (χ0) is 23.5. The van der Waals surface area contributed by atoms with Crippen molar-refractivity contribution in [3.05, 3.63) is 67.8 Å². The van der Waals surface area contributed by atoms with E-state index in [1.54, 1.807) is 36.4 Å². The van der Waals surface area contributed by atoms with Crippen LogP contribution in [0.3, 0.4) is 0 Å². The van der Waals surface area contributed by atoms with Crippen molar-refractivity contribution < 1.29 is 19.4 Å². The third kappa shape index (κ3) is 4.68. The maximum atomic E-state index is 12.5. The highest BCUT2D eigenvalue weighted by Gasteiger charge is 2.35. The van der Waals surface area contributed by atoms with Crippen LogP contribution >= 0.6 is 11.8 Å². The van der Waals surface area contributed by atoms with Crippen LogP contribution in [-0.4, -0.2) is 21.4 Å². The van der Waals surface area contributed by atoms with Gasteiger partial charge >= 0.3 is 0 Å². The number of benzene rings is 2. The molecule has 2 fully saturated rings. The standard InChI is InChI=1S/C24H24N2O6S/c27-19-11-3-1-7-15(19)17-9-5-13-21(23(17)25(29)30)33-22-14-6-10-18(24(22)26(31)32)16-8-2-4-12-20(16)28/h5-6,9-10,13-16H,1-4,7-8,11-12H2. The van der Waals surface area contributed by atoms with Crippen molar-refractivity contribution in [1.82, 2.24) is 0 Å².